The van der Waals surface area contributed by atoms with E-state index in [9.17, 15) is 9.59 Å². The van der Waals surface area contributed by atoms with Gasteiger partial charge in [-0.25, -0.2) is 5.48 Å². The van der Waals surface area contributed by atoms with Crippen molar-refractivity contribution in [3.63, 3.8) is 0 Å². The number of anilines is 1. The fourth-order valence-electron chi connectivity index (χ4n) is 1.74. The van der Waals surface area contributed by atoms with E-state index in [2.05, 4.69) is 5.32 Å². The molecule has 1 aromatic carbocycles. The van der Waals surface area contributed by atoms with Gasteiger partial charge in [-0.2, -0.15) is 0 Å². The van der Waals surface area contributed by atoms with E-state index in [-0.39, 0.29) is 5.92 Å². The van der Waals surface area contributed by atoms with Gasteiger partial charge in [0.05, 0.1) is 0 Å². The molecule has 0 fully saturated rings. The largest absolute Gasteiger partial charge is 0.326 e. The van der Waals surface area contributed by atoms with Crippen molar-refractivity contribution >= 4 is 17.5 Å². The van der Waals surface area contributed by atoms with E-state index >= 15 is 0 Å². The Kier molecular flexibility index (Phi) is 5.47. The first-order valence-electron chi connectivity index (χ1n) is 6.03. The van der Waals surface area contributed by atoms with Gasteiger partial charge in [0.2, 0.25) is 5.91 Å². The summed E-state index contributed by atoms with van der Waals surface area (Å²) in [5.74, 6) is -2.34. The van der Waals surface area contributed by atoms with Crippen molar-refractivity contribution in [3.8, 4) is 0 Å². The van der Waals surface area contributed by atoms with Gasteiger partial charge < -0.3 is 11.1 Å². The molecule has 0 bridgehead atoms. The van der Waals surface area contributed by atoms with E-state index in [1.807, 2.05) is 0 Å². The van der Waals surface area contributed by atoms with Gasteiger partial charge in [-0.3, -0.25) is 14.8 Å². The molecule has 5 N–H and O–H groups in total. The lowest BCUT2D eigenvalue weighted by Crippen LogP contribution is -2.39. The van der Waals surface area contributed by atoms with E-state index in [1.54, 1.807) is 38.1 Å². The summed E-state index contributed by atoms with van der Waals surface area (Å²) < 4.78 is 0. The molecular weight excluding hydrogens is 246 g/mol. The van der Waals surface area contributed by atoms with Gasteiger partial charge in [0, 0.05) is 12.2 Å². The number of nitrogens with two attached hydrogens (primary N) is 1. The summed E-state index contributed by atoms with van der Waals surface area (Å²) in [7, 11) is 0. The van der Waals surface area contributed by atoms with Gasteiger partial charge in [0.25, 0.3) is 5.91 Å². The molecule has 0 aliphatic rings. The van der Waals surface area contributed by atoms with Crippen molar-refractivity contribution in [1.82, 2.24) is 5.48 Å². The van der Waals surface area contributed by atoms with Crippen LogP contribution >= 0.6 is 0 Å². The molecule has 6 nitrogen and oxygen atoms in total. The van der Waals surface area contributed by atoms with Crippen molar-refractivity contribution in [3.05, 3.63) is 29.8 Å². The molecule has 0 heterocycles. The zero-order valence-corrected chi connectivity index (χ0v) is 11.0. The first-order valence-corrected chi connectivity index (χ1v) is 6.03. The molecule has 1 unspecified atom stereocenters. The number of amides is 2. The Morgan fingerprint density at radius 2 is 1.79 bits per heavy atom. The molecule has 0 radical (unpaired) electrons. The van der Waals surface area contributed by atoms with Crippen molar-refractivity contribution in [2.75, 3.05) is 5.32 Å². The lowest BCUT2D eigenvalue weighted by Gasteiger charge is -2.18. The molecule has 2 amide bonds. The van der Waals surface area contributed by atoms with Crippen LogP contribution in [0, 0.1) is 11.8 Å². The molecule has 1 rings (SSSR count). The number of hydrogen-bond acceptors (Lipinski definition) is 4. The summed E-state index contributed by atoms with van der Waals surface area (Å²) in [6.45, 7) is 3.89. The van der Waals surface area contributed by atoms with Crippen molar-refractivity contribution in [2.24, 2.45) is 17.6 Å². The highest BCUT2D eigenvalue weighted by molar-refractivity contribution is 6.06. The lowest BCUT2D eigenvalue weighted by molar-refractivity contribution is -0.140. The molecule has 19 heavy (non-hydrogen) atoms. The van der Waals surface area contributed by atoms with E-state index in [1.165, 1.54) is 5.48 Å². The molecule has 0 saturated carbocycles. The molecule has 0 aliphatic heterocycles. The monoisotopic (exact) mass is 265 g/mol. The minimum absolute atomic E-state index is 0.226. The quantitative estimate of drug-likeness (QED) is 0.360. The summed E-state index contributed by atoms with van der Waals surface area (Å²) in [6.07, 6.45) is 0. The van der Waals surface area contributed by atoms with Gasteiger partial charge in [-0.1, -0.05) is 26.0 Å². The Bertz CT molecular complexity index is 443. The average Bonchev–Trinajstić information content (AvgIpc) is 2.39. The van der Waals surface area contributed by atoms with Crippen LogP contribution in [0.4, 0.5) is 5.69 Å². The van der Waals surface area contributed by atoms with Crippen LogP contribution in [0.5, 0.6) is 0 Å². The number of carbonyl (C=O) groups is 2. The van der Waals surface area contributed by atoms with Gasteiger partial charge in [-0.15, -0.1) is 0 Å². The average molecular weight is 265 g/mol. The Morgan fingerprint density at radius 1 is 1.21 bits per heavy atom. The van der Waals surface area contributed by atoms with E-state index in [0.29, 0.717) is 12.2 Å². The molecule has 1 atom stereocenters. The van der Waals surface area contributed by atoms with Crippen molar-refractivity contribution < 1.29 is 14.8 Å². The highest BCUT2D eigenvalue weighted by Gasteiger charge is 2.29. The highest BCUT2D eigenvalue weighted by atomic mass is 16.5. The smallest absolute Gasteiger partial charge is 0.256 e. The summed E-state index contributed by atoms with van der Waals surface area (Å²) in [5, 5.41) is 11.3. The van der Waals surface area contributed by atoms with Gasteiger partial charge in [0.15, 0.2) is 0 Å². The minimum Gasteiger partial charge on any atom is -0.326 e. The third kappa shape index (κ3) is 4.04. The third-order valence-corrected chi connectivity index (χ3v) is 2.80. The number of hydroxylamine groups is 1. The van der Waals surface area contributed by atoms with Crippen LogP contribution in [-0.2, 0) is 16.1 Å². The molecule has 0 spiro atoms. The van der Waals surface area contributed by atoms with Crippen LogP contribution in [0.25, 0.3) is 0 Å². The number of carbonyl (C=O) groups excluding carboxylic acids is 2. The second-order valence-corrected chi connectivity index (χ2v) is 4.59. The lowest BCUT2D eigenvalue weighted by atomic mass is 9.94. The minimum atomic E-state index is -0.945. The molecule has 0 aliphatic carbocycles. The normalized spacial score (nSPS) is 12.1. The van der Waals surface area contributed by atoms with Crippen LogP contribution in [0.1, 0.15) is 19.4 Å². The van der Waals surface area contributed by atoms with Crippen LogP contribution in [0.2, 0.25) is 0 Å². The number of hydrogen-bond donors (Lipinski definition) is 4. The molecular formula is C13H19N3O3. The maximum atomic E-state index is 12.0. The van der Waals surface area contributed by atoms with E-state index in [4.69, 9.17) is 10.9 Å². The Balaban J connectivity index is 2.78. The van der Waals surface area contributed by atoms with Crippen molar-refractivity contribution in [1.29, 1.82) is 0 Å². The summed E-state index contributed by atoms with van der Waals surface area (Å²) in [6, 6.07) is 7.03. The second-order valence-electron chi connectivity index (χ2n) is 4.59. The predicted octanol–water partition coefficient (Wildman–Crippen LogP) is 0.861. The van der Waals surface area contributed by atoms with E-state index in [0.717, 1.165) is 5.56 Å². The van der Waals surface area contributed by atoms with Crippen LogP contribution < -0.4 is 16.5 Å². The fraction of sp³-hybridized carbons (Fsp3) is 0.385. The van der Waals surface area contributed by atoms with Crippen molar-refractivity contribution in [2.45, 2.75) is 20.4 Å². The predicted molar refractivity (Wildman–Crippen MR) is 71.2 cm³/mol. The Labute approximate surface area is 111 Å². The third-order valence-electron chi connectivity index (χ3n) is 2.80. The van der Waals surface area contributed by atoms with Gasteiger partial charge in [-0.05, 0) is 23.6 Å². The summed E-state index contributed by atoms with van der Waals surface area (Å²) in [5.41, 5.74) is 8.53. The van der Waals surface area contributed by atoms with E-state index < -0.39 is 17.7 Å². The molecule has 1 aromatic rings. The Hall–Kier alpha value is -1.92. The number of benzene rings is 1. The maximum absolute atomic E-state index is 12.0. The first kappa shape index (κ1) is 15.1. The molecule has 0 aromatic heterocycles. The number of rotatable bonds is 5. The fourth-order valence-corrected chi connectivity index (χ4v) is 1.74. The topological polar surface area (TPSA) is 104 Å². The maximum Gasteiger partial charge on any atom is 0.256 e. The molecule has 6 heteroatoms. The Morgan fingerprint density at radius 3 is 2.21 bits per heavy atom. The zero-order chi connectivity index (χ0) is 14.4. The zero-order valence-electron chi connectivity index (χ0n) is 11.0. The van der Waals surface area contributed by atoms with Gasteiger partial charge >= 0.3 is 0 Å². The first-order chi connectivity index (χ1) is 8.99. The second kappa shape index (κ2) is 6.86. The molecule has 104 valence electrons. The SMILES string of the molecule is CC(C)C(C(=O)NO)C(=O)Nc1ccc(CN)cc1. The highest BCUT2D eigenvalue weighted by Crippen LogP contribution is 2.15. The standard InChI is InChI=1S/C13H19N3O3/c1-8(2)11(13(18)16-19)12(17)15-10-5-3-9(7-14)4-6-10/h3-6,8,11,19H,7,14H2,1-2H3,(H,15,17)(H,16,18). The van der Waals surface area contributed by atoms with Crippen LogP contribution in [0.3, 0.4) is 0 Å². The molecule has 0 saturated heterocycles. The summed E-state index contributed by atoms with van der Waals surface area (Å²) in [4.78, 5) is 23.4. The van der Waals surface area contributed by atoms with Gasteiger partial charge in [0.1, 0.15) is 5.92 Å². The van der Waals surface area contributed by atoms with Crippen LogP contribution in [0.15, 0.2) is 24.3 Å². The number of nitrogens with one attached hydrogen (secondary N) is 2. The van der Waals surface area contributed by atoms with Crippen LogP contribution in [-0.4, -0.2) is 17.0 Å². The summed E-state index contributed by atoms with van der Waals surface area (Å²) >= 11 is 0.